The summed E-state index contributed by atoms with van der Waals surface area (Å²) in [7, 11) is 0. The number of hydrogen-bond donors (Lipinski definition) is 4. The van der Waals surface area contributed by atoms with Crippen LogP contribution in [0, 0.1) is 0 Å². The Labute approximate surface area is 145 Å². The average Bonchev–Trinajstić information content (AvgIpc) is 2.64. The molecule has 1 fully saturated rings. The van der Waals surface area contributed by atoms with Gasteiger partial charge in [-0.15, -0.1) is 0 Å². The fourth-order valence-corrected chi connectivity index (χ4v) is 2.44. The van der Waals surface area contributed by atoms with Gasteiger partial charge in [-0.05, 0) is 37.1 Å². The van der Waals surface area contributed by atoms with Gasteiger partial charge in [-0.1, -0.05) is 0 Å². The van der Waals surface area contributed by atoms with Crippen LogP contribution in [0.3, 0.4) is 0 Å². The summed E-state index contributed by atoms with van der Waals surface area (Å²) in [5.74, 6) is 0.667. The molecule has 1 aromatic rings. The number of ether oxygens (including phenoxy) is 3. The number of aliphatic hydroxyl groups is 4. The Morgan fingerprint density at radius 2 is 1.68 bits per heavy atom. The van der Waals surface area contributed by atoms with E-state index in [9.17, 15) is 20.1 Å². The molecule has 0 aliphatic carbocycles. The molecule has 0 amide bonds. The largest absolute Gasteiger partial charge is 0.494 e. The van der Waals surface area contributed by atoms with Crippen molar-refractivity contribution in [1.82, 2.24) is 0 Å². The van der Waals surface area contributed by atoms with Crippen molar-refractivity contribution in [2.45, 2.75) is 43.5 Å². The van der Waals surface area contributed by atoms with Gasteiger partial charge >= 0.3 is 0 Å². The van der Waals surface area contributed by atoms with E-state index in [1.54, 1.807) is 24.3 Å². The van der Waals surface area contributed by atoms with E-state index in [0.29, 0.717) is 30.8 Å². The van der Waals surface area contributed by atoms with Crippen molar-refractivity contribution in [2.75, 3.05) is 19.8 Å². The lowest BCUT2D eigenvalue weighted by Gasteiger charge is -2.39. The van der Waals surface area contributed by atoms with Gasteiger partial charge in [0.1, 0.15) is 36.5 Å². The molecule has 25 heavy (non-hydrogen) atoms. The summed E-state index contributed by atoms with van der Waals surface area (Å²) in [5.41, 5.74) is 0.584. The van der Waals surface area contributed by atoms with Crippen LogP contribution in [0.25, 0.3) is 0 Å². The van der Waals surface area contributed by atoms with E-state index in [0.717, 1.165) is 6.29 Å². The lowest BCUT2D eigenvalue weighted by molar-refractivity contribution is -0.301. The molecule has 4 N–H and O–H groups in total. The Morgan fingerprint density at radius 3 is 2.32 bits per heavy atom. The lowest BCUT2D eigenvalue weighted by atomic mass is 9.99. The second kappa shape index (κ2) is 9.81. The average molecular weight is 356 g/mol. The molecule has 0 bridgehead atoms. The van der Waals surface area contributed by atoms with Crippen LogP contribution in [-0.4, -0.2) is 77.2 Å². The minimum Gasteiger partial charge on any atom is -0.494 e. The smallest absolute Gasteiger partial charge is 0.186 e. The topological polar surface area (TPSA) is 126 Å². The monoisotopic (exact) mass is 356 g/mol. The molecule has 1 aliphatic rings. The quantitative estimate of drug-likeness (QED) is 0.344. The molecule has 8 heteroatoms. The first-order valence-corrected chi connectivity index (χ1v) is 8.17. The maximum Gasteiger partial charge on any atom is 0.186 e. The minimum atomic E-state index is -1.44. The maximum absolute atomic E-state index is 10.6. The van der Waals surface area contributed by atoms with Crippen LogP contribution in [0.15, 0.2) is 24.3 Å². The summed E-state index contributed by atoms with van der Waals surface area (Å²) in [6.45, 7) is 0.232. The summed E-state index contributed by atoms with van der Waals surface area (Å²) in [4.78, 5) is 10.6. The number of carbonyl (C=O) groups is 1. The van der Waals surface area contributed by atoms with Crippen molar-refractivity contribution in [3.05, 3.63) is 29.8 Å². The number of aldehydes is 1. The van der Waals surface area contributed by atoms with Crippen LogP contribution in [0.4, 0.5) is 0 Å². The van der Waals surface area contributed by atoms with Crippen LogP contribution in [0.5, 0.6) is 5.75 Å². The van der Waals surface area contributed by atoms with Crippen LogP contribution in [0.2, 0.25) is 0 Å². The molecule has 2 rings (SSSR count). The van der Waals surface area contributed by atoms with Gasteiger partial charge in [-0.2, -0.15) is 0 Å². The van der Waals surface area contributed by atoms with E-state index in [2.05, 4.69) is 0 Å². The zero-order valence-electron chi connectivity index (χ0n) is 13.7. The van der Waals surface area contributed by atoms with E-state index in [1.807, 2.05) is 0 Å². The highest BCUT2D eigenvalue weighted by Crippen LogP contribution is 2.22. The second-order valence-electron chi connectivity index (χ2n) is 5.81. The summed E-state index contributed by atoms with van der Waals surface area (Å²) in [5, 5.41) is 38.3. The van der Waals surface area contributed by atoms with Crippen LogP contribution in [-0.2, 0) is 9.47 Å². The van der Waals surface area contributed by atoms with Crippen molar-refractivity contribution in [2.24, 2.45) is 0 Å². The summed E-state index contributed by atoms with van der Waals surface area (Å²) in [6.07, 6.45) is -4.21. The highest BCUT2D eigenvalue weighted by Gasteiger charge is 2.43. The highest BCUT2D eigenvalue weighted by atomic mass is 16.7. The van der Waals surface area contributed by atoms with Gasteiger partial charge in [-0.25, -0.2) is 0 Å². The molecule has 0 unspecified atom stereocenters. The van der Waals surface area contributed by atoms with Crippen LogP contribution < -0.4 is 4.74 Å². The molecule has 0 saturated carbocycles. The van der Waals surface area contributed by atoms with Gasteiger partial charge in [-0.3, -0.25) is 4.79 Å². The third kappa shape index (κ3) is 5.46. The predicted molar refractivity (Wildman–Crippen MR) is 86.3 cm³/mol. The Bertz CT molecular complexity index is 518. The number of benzene rings is 1. The molecule has 8 nitrogen and oxygen atoms in total. The third-order valence-electron chi connectivity index (χ3n) is 3.95. The third-order valence-corrected chi connectivity index (χ3v) is 3.95. The van der Waals surface area contributed by atoms with Gasteiger partial charge in [0.05, 0.1) is 13.2 Å². The molecule has 1 heterocycles. The number of hydrogen-bond acceptors (Lipinski definition) is 8. The van der Waals surface area contributed by atoms with Gasteiger partial charge in [0.15, 0.2) is 6.29 Å². The first-order chi connectivity index (χ1) is 12.1. The Kier molecular flexibility index (Phi) is 7.76. The normalized spacial score (nSPS) is 29.4. The summed E-state index contributed by atoms with van der Waals surface area (Å²) < 4.78 is 16.1. The second-order valence-corrected chi connectivity index (χ2v) is 5.81. The summed E-state index contributed by atoms with van der Waals surface area (Å²) >= 11 is 0. The first-order valence-electron chi connectivity index (χ1n) is 8.17. The molecule has 1 saturated heterocycles. The predicted octanol–water partition coefficient (Wildman–Crippen LogP) is -0.525. The van der Waals surface area contributed by atoms with Crippen molar-refractivity contribution in [3.63, 3.8) is 0 Å². The van der Waals surface area contributed by atoms with E-state index in [1.165, 1.54) is 0 Å². The molecule has 0 aromatic heterocycles. The molecular weight excluding hydrogens is 332 g/mol. The van der Waals surface area contributed by atoms with Gasteiger partial charge in [0, 0.05) is 12.2 Å². The maximum atomic E-state index is 10.6. The molecule has 0 radical (unpaired) electrons. The Hall–Kier alpha value is -1.55. The molecule has 1 aliphatic heterocycles. The molecular formula is C17H24O8. The highest BCUT2D eigenvalue weighted by molar-refractivity contribution is 5.74. The van der Waals surface area contributed by atoms with E-state index in [-0.39, 0.29) is 6.61 Å². The molecule has 140 valence electrons. The zero-order valence-corrected chi connectivity index (χ0v) is 13.7. The molecule has 5 atom stereocenters. The van der Waals surface area contributed by atoms with Crippen LogP contribution >= 0.6 is 0 Å². The molecule has 1 aromatic carbocycles. The minimum absolute atomic E-state index is 0.260. The fraction of sp³-hybridized carbons (Fsp3) is 0.588. The number of carbonyl (C=O) groups excluding carboxylic acids is 1. The lowest BCUT2D eigenvalue weighted by Crippen LogP contribution is -2.59. The van der Waals surface area contributed by atoms with E-state index < -0.39 is 37.3 Å². The van der Waals surface area contributed by atoms with Crippen molar-refractivity contribution < 1.29 is 39.4 Å². The Morgan fingerprint density at radius 1 is 1.00 bits per heavy atom. The standard InChI is InChI=1S/C17H24O8/c18-9-11-3-5-12(6-4-11)23-7-1-2-8-24-17-16(22)15(21)14(20)13(10-19)25-17/h3-6,9,13-17,19-22H,1-2,7-8,10H2/t13-,14+,15+,16+,17+/m1/s1. The first kappa shape index (κ1) is 19.8. The zero-order chi connectivity index (χ0) is 18.2. The number of unbranched alkanes of at least 4 members (excludes halogenated alkanes) is 1. The summed E-state index contributed by atoms with van der Waals surface area (Å²) in [6, 6.07) is 6.78. The number of rotatable bonds is 9. The van der Waals surface area contributed by atoms with Crippen molar-refractivity contribution in [1.29, 1.82) is 0 Å². The van der Waals surface area contributed by atoms with E-state index >= 15 is 0 Å². The van der Waals surface area contributed by atoms with Gasteiger partial charge in [0.2, 0.25) is 0 Å². The Balaban J connectivity index is 1.64. The van der Waals surface area contributed by atoms with Gasteiger partial charge < -0.3 is 34.6 Å². The molecule has 0 spiro atoms. The van der Waals surface area contributed by atoms with E-state index in [4.69, 9.17) is 19.3 Å². The number of aliphatic hydroxyl groups excluding tert-OH is 4. The van der Waals surface area contributed by atoms with Crippen molar-refractivity contribution in [3.8, 4) is 5.75 Å². The van der Waals surface area contributed by atoms with Crippen LogP contribution in [0.1, 0.15) is 23.2 Å². The van der Waals surface area contributed by atoms with Crippen molar-refractivity contribution >= 4 is 6.29 Å². The fourth-order valence-electron chi connectivity index (χ4n) is 2.44. The van der Waals surface area contributed by atoms with Gasteiger partial charge in [0.25, 0.3) is 0 Å². The SMILES string of the molecule is O=Cc1ccc(OCCCCO[C@H]2O[C@H](CO)[C@H](O)[C@H](O)[C@@H]2O)cc1.